The van der Waals surface area contributed by atoms with Crippen LogP contribution >= 0.6 is 23.6 Å². The van der Waals surface area contributed by atoms with Gasteiger partial charge in [0, 0.05) is 6.04 Å². The monoisotopic (exact) mass is 308 g/mol. The Morgan fingerprint density at radius 3 is 2.85 bits per heavy atom. The van der Waals surface area contributed by atoms with Crippen LogP contribution in [0.2, 0.25) is 0 Å². The van der Waals surface area contributed by atoms with Gasteiger partial charge in [0.15, 0.2) is 4.77 Å². The van der Waals surface area contributed by atoms with Crippen molar-refractivity contribution in [2.75, 3.05) is 0 Å². The first kappa shape index (κ1) is 14.0. The highest BCUT2D eigenvalue weighted by atomic mass is 32.1. The SMILES string of the molecule is CCCC1CCC(n2c(=S)[nH]c3sccc3c2=O)CC1. The molecule has 2 aromatic heterocycles. The van der Waals surface area contributed by atoms with E-state index in [1.165, 1.54) is 25.7 Å². The summed E-state index contributed by atoms with van der Waals surface area (Å²) in [4.78, 5) is 16.7. The maximum atomic E-state index is 12.6. The van der Waals surface area contributed by atoms with Gasteiger partial charge in [-0.05, 0) is 55.3 Å². The molecule has 1 aliphatic rings. The molecule has 5 heteroatoms. The van der Waals surface area contributed by atoms with Crippen LogP contribution in [0.4, 0.5) is 0 Å². The predicted molar refractivity (Wildman–Crippen MR) is 87.2 cm³/mol. The van der Waals surface area contributed by atoms with Crippen molar-refractivity contribution in [2.45, 2.75) is 51.5 Å². The fourth-order valence-corrected chi connectivity index (χ4v) is 4.56. The van der Waals surface area contributed by atoms with E-state index in [1.54, 1.807) is 11.3 Å². The molecule has 0 aromatic carbocycles. The third-order valence-electron chi connectivity index (χ3n) is 4.43. The highest BCUT2D eigenvalue weighted by molar-refractivity contribution is 7.71. The molecule has 0 aliphatic heterocycles. The van der Waals surface area contributed by atoms with Crippen molar-refractivity contribution in [3.63, 3.8) is 0 Å². The van der Waals surface area contributed by atoms with Gasteiger partial charge in [-0.15, -0.1) is 11.3 Å². The van der Waals surface area contributed by atoms with Crippen LogP contribution in [-0.4, -0.2) is 9.55 Å². The molecule has 1 aliphatic carbocycles. The highest BCUT2D eigenvalue weighted by Gasteiger charge is 2.23. The molecular weight excluding hydrogens is 288 g/mol. The van der Waals surface area contributed by atoms with Crippen LogP contribution in [0.15, 0.2) is 16.2 Å². The maximum absolute atomic E-state index is 12.6. The normalized spacial score (nSPS) is 23.2. The van der Waals surface area contributed by atoms with Gasteiger partial charge in [0.1, 0.15) is 4.83 Å². The maximum Gasteiger partial charge on any atom is 0.263 e. The van der Waals surface area contributed by atoms with Gasteiger partial charge in [0.05, 0.1) is 5.39 Å². The molecule has 1 fully saturated rings. The summed E-state index contributed by atoms with van der Waals surface area (Å²) >= 11 is 6.95. The Bertz CT molecular complexity index is 704. The van der Waals surface area contributed by atoms with E-state index in [4.69, 9.17) is 12.2 Å². The van der Waals surface area contributed by atoms with Crippen LogP contribution in [0.3, 0.4) is 0 Å². The molecule has 3 nitrogen and oxygen atoms in total. The number of thiophene rings is 1. The number of rotatable bonds is 3. The fraction of sp³-hybridized carbons (Fsp3) is 0.600. The average Bonchev–Trinajstić information content (AvgIpc) is 2.89. The first-order chi connectivity index (χ1) is 9.70. The second kappa shape index (κ2) is 5.82. The van der Waals surface area contributed by atoms with Gasteiger partial charge in [0.25, 0.3) is 5.56 Å². The third kappa shape index (κ3) is 2.49. The molecule has 1 saturated carbocycles. The lowest BCUT2D eigenvalue weighted by Gasteiger charge is -2.29. The van der Waals surface area contributed by atoms with Gasteiger partial charge < -0.3 is 4.98 Å². The Kier molecular flexibility index (Phi) is 4.08. The summed E-state index contributed by atoms with van der Waals surface area (Å²) in [5.41, 5.74) is 0.0870. The van der Waals surface area contributed by atoms with E-state index >= 15 is 0 Å². The zero-order valence-corrected chi connectivity index (χ0v) is 13.4. The number of hydrogen-bond acceptors (Lipinski definition) is 3. The Labute approximate surface area is 127 Å². The third-order valence-corrected chi connectivity index (χ3v) is 5.56. The number of aromatic nitrogens is 2. The van der Waals surface area contributed by atoms with Crippen molar-refractivity contribution < 1.29 is 0 Å². The van der Waals surface area contributed by atoms with E-state index in [9.17, 15) is 4.79 Å². The topological polar surface area (TPSA) is 37.8 Å². The summed E-state index contributed by atoms with van der Waals surface area (Å²) < 4.78 is 2.41. The summed E-state index contributed by atoms with van der Waals surface area (Å²) in [6.45, 7) is 2.25. The quantitative estimate of drug-likeness (QED) is 0.838. The van der Waals surface area contributed by atoms with Crippen LogP contribution < -0.4 is 5.56 Å². The molecule has 0 atom stereocenters. The molecular formula is C15H20N2OS2. The molecule has 20 heavy (non-hydrogen) atoms. The van der Waals surface area contributed by atoms with Crippen molar-refractivity contribution in [1.82, 2.24) is 9.55 Å². The number of H-pyrrole nitrogens is 1. The molecule has 0 radical (unpaired) electrons. The van der Waals surface area contributed by atoms with Crippen LogP contribution in [0, 0.1) is 10.7 Å². The van der Waals surface area contributed by atoms with Crippen LogP contribution in [0.1, 0.15) is 51.5 Å². The smallest absolute Gasteiger partial charge is 0.263 e. The van der Waals surface area contributed by atoms with Gasteiger partial charge in [0.2, 0.25) is 0 Å². The van der Waals surface area contributed by atoms with E-state index in [0.717, 1.165) is 29.0 Å². The summed E-state index contributed by atoms with van der Waals surface area (Å²) in [5, 5.41) is 2.72. The summed E-state index contributed by atoms with van der Waals surface area (Å²) in [6.07, 6.45) is 7.19. The van der Waals surface area contributed by atoms with Crippen molar-refractivity contribution in [1.29, 1.82) is 0 Å². The largest absolute Gasteiger partial charge is 0.323 e. The minimum absolute atomic E-state index is 0.0870. The second-order valence-corrected chi connectivity index (χ2v) is 7.03. The van der Waals surface area contributed by atoms with Crippen LogP contribution in [-0.2, 0) is 0 Å². The Morgan fingerprint density at radius 1 is 1.40 bits per heavy atom. The number of fused-ring (bicyclic) bond motifs is 1. The number of nitrogens with one attached hydrogen (secondary N) is 1. The van der Waals surface area contributed by atoms with Gasteiger partial charge in [-0.2, -0.15) is 0 Å². The van der Waals surface area contributed by atoms with Crippen molar-refractivity contribution in [2.24, 2.45) is 5.92 Å². The summed E-state index contributed by atoms with van der Waals surface area (Å²) in [6, 6.07) is 2.18. The molecule has 0 saturated heterocycles. The first-order valence-electron chi connectivity index (χ1n) is 7.42. The van der Waals surface area contributed by atoms with E-state index < -0.39 is 0 Å². The molecule has 0 amide bonds. The summed E-state index contributed by atoms with van der Waals surface area (Å²) in [7, 11) is 0. The van der Waals surface area contributed by atoms with Gasteiger partial charge in [-0.3, -0.25) is 9.36 Å². The Balaban J connectivity index is 1.91. The fourth-order valence-electron chi connectivity index (χ4n) is 3.39. The molecule has 2 aromatic rings. The van der Waals surface area contributed by atoms with Gasteiger partial charge in [-0.1, -0.05) is 19.8 Å². The van der Waals surface area contributed by atoms with E-state index in [0.29, 0.717) is 4.77 Å². The van der Waals surface area contributed by atoms with Crippen molar-refractivity contribution in [3.8, 4) is 0 Å². The van der Waals surface area contributed by atoms with E-state index in [1.807, 2.05) is 16.0 Å². The van der Waals surface area contributed by atoms with Crippen molar-refractivity contribution >= 4 is 33.8 Å². The van der Waals surface area contributed by atoms with Crippen LogP contribution in [0.25, 0.3) is 10.2 Å². The van der Waals surface area contributed by atoms with Crippen LogP contribution in [0.5, 0.6) is 0 Å². The average molecular weight is 308 g/mol. The number of aromatic amines is 1. The Morgan fingerprint density at radius 2 is 2.15 bits per heavy atom. The lowest BCUT2D eigenvalue weighted by Crippen LogP contribution is -2.29. The molecule has 0 bridgehead atoms. The predicted octanol–water partition coefficient (Wildman–Crippen LogP) is 4.65. The lowest BCUT2D eigenvalue weighted by molar-refractivity contribution is 0.257. The highest BCUT2D eigenvalue weighted by Crippen LogP contribution is 2.34. The summed E-state index contributed by atoms with van der Waals surface area (Å²) in [5.74, 6) is 0.842. The molecule has 2 heterocycles. The lowest BCUT2D eigenvalue weighted by atomic mass is 9.83. The van der Waals surface area contributed by atoms with Gasteiger partial charge >= 0.3 is 0 Å². The zero-order valence-electron chi connectivity index (χ0n) is 11.7. The second-order valence-electron chi connectivity index (χ2n) is 5.73. The van der Waals surface area contributed by atoms with Gasteiger partial charge in [-0.25, -0.2) is 0 Å². The van der Waals surface area contributed by atoms with E-state index in [2.05, 4.69) is 11.9 Å². The molecule has 0 spiro atoms. The first-order valence-corrected chi connectivity index (χ1v) is 8.71. The Hall–Kier alpha value is -0.940. The molecule has 3 rings (SSSR count). The minimum atomic E-state index is 0.0870. The minimum Gasteiger partial charge on any atom is -0.323 e. The number of hydrogen-bond donors (Lipinski definition) is 1. The molecule has 0 unspecified atom stereocenters. The zero-order chi connectivity index (χ0) is 14.1. The van der Waals surface area contributed by atoms with Crippen molar-refractivity contribution in [3.05, 3.63) is 26.6 Å². The van der Waals surface area contributed by atoms with E-state index in [-0.39, 0.29) is 11.6 Å². The molecule has 1 N–H and O–H groups in total. The standard InChI is InChI=1S/C15H20N2OS2/c1-2-3-10-4-6-11(7-5-10)17-14(18)12-8-9-20-13(12)16-15(17)19/h8-11H,2-7H2,1H3,(H,16,19). The number of nitrogens with zero attached hydrogens (tertiary/aromatic N) is 1. The molecule has 108 valence electrons.